The molecule has 5 heteroatoms. The summed E-state index contributed by atoms with van der Waals surface area (Å²) >= 11 is 0. The first-order valence-electron chi connectivity index (χ1n) is 6.35. The van der Waals surface area contributed by atoms with Crippen molar-refractivity contribution in [3.8, 4) is 0 Å². The van der Waals surface area contributed by atoms with Gasteiger partial charge in [0.05, 0.1) is 4.92 Å². The van der Waals surface area contributed by atoms with Gasteiger partial charge in [-0.25, -0.2) is 0 Å². The van der Waals surface area contributed by atoms with E-state index in [0.29, 0.717) is 11.6 Å². The molecule has 3 N–H and O–H groups in total. The molecule has 98 valence electrons. The number of non-ortho nitro benzene ring substituents is 1. The number of rotatable bonds is 4. The fraction of sp³-hybridized carbons (Fsp3) is 0.538. The van der Waals surface area contributed by atoms with E-state index < -0.39 is 4.92 Å². The van der Waals surface area contributed by atoms with Crippen molar-refractivity contribution in [1.29, 1.82) is 0 Å². The number of nitrogens with one attached hydrogen (secondary N) is 1. The maximum absolute atomic E-state index is 10.7. The first kappa shape index (κ1) is 12.7. The Labute approximate surface area is 107 Å². The first-order chi connectivity index (χ1) is 8.56. The molecule has 2 unspecified atom stereocenters. The minimum absolute atomic E-state index is 0.0389. The SMILES string of the molecule is CC1CCCC1CNc1cc(N)cc([N+](=O)[O-])c1. The molecule has 0 aliphatic heterocycles. The van der Waals surface area contributed by atoms with E-state index in [9.17, 15) is 10.1 Å². The summed E-state index contributed by atoms with van der Waals surface area (Å²) in [6, 6.07) is 4.66. The van der Waals surface area contributed by atoms with Gasteiger partial charge in [0.2, 0.25) is 0 Å². The summed E-state index contributed by atoms with van der Waals surface area (Å²) in [5.41, 5.74) is 6.86. The van der Waals surface area contributed by atoms with Crippen molar-refractivity contribution in [1.82, 2.24) is 0 Å². The lowest BCUT2D eigenvalue weighted by Crippen LogP contribution is -2.16. The van der Waals surface area contributed by atoms with Crippen molar-refractivity contribution in [2.45, 2.75) is 26.2 Å². The van der Waals surface area contributed by atoms with Gasteiger partial charge in [-0.2, -0.15) is 0 Å². The van der Waals surface area contributed by atoms with Crippen molar-refractivity contribution in [2.24, 2.45) is 11.8 Å². The van der Waals surface area contributed by atoms with E-state index in [1.807, 2.05) is 0 Å². The summed E-state index contributed by atoms with van der Waals surface area (Å²) in [5.74, 6) is 1.39. The standard InChI is InChI=1S/C13H19N3O2/c1-9-3-2-4-10(9)8-15-12-5-11(14)6-13(7-12)16(17)18/h5-7,9-10,15H,2-4,8,14H2,1H3. The third kappa shape index (κ3) is 2.91. The van der Waals surface area contributed by atoms with Crippen molar-refractivity contribution in [3.05, 3.63) is 28.3 Å². The number of hydrogen-bond acceptors (Lipinski definition) is 4. The highest BCUT2D eigenvalue weighted by Crippen LogP contribution is 2.31. The van der Waals surface area contributed by atoms with Crippen LogP contribution in [0.1, 0.15) is 26.2 Å². The van der Waals surface area contributed by atoms with Gasteiger partial charge >= 0.3 is 0 Å². The predicted molar refractivity (Wildman–Crippen MR) is 72.5 cm³/mol. The van der Waals surface area contributed by atoms with Crippen LogP contribution < -0.4 is 11.1 Å². The van der Waals surface area contributed by atoms with Crippen LogP contribution >= 0.6 is 0 Å². The van der Waals surface area contributed by atoms with Crippen molar-refractivity contribution in [2.75, 3.05) is 17.6 Å². The van der Waals surface area contributed by atoms with E-state index in [1.165, 1.54) is 31.4 Å². The molecule has 1 aliphatic rings. The number of nitro groups is 1. The van der Waals surface area contributed by atoms with Crippen LogP contribution in [-0.2, 0) is 0 Å². The van der Waals surface area contributed by atoms with Gasteiger partial charge in [0.15, 0.2) is 0 Å². The molecule has 0 aromatic heterocycles. The molecule has 0 spiro atoms. The summed E-state index contributed by atoms with van der Waals surface area (Å²) in [7, 11) is 0. The monoisotopic (exact) mass is 249 g/mol. The molecule has 0 bridgehead atoms. The highest BCUT2D eigenvalue weighted by molar-refractivity contribution is 5.61. The Morgan fingerprint density at radius 3 is 2.83 bits per heavy atom. The van der Waals surface area contributed by atoms with Crippen molar-refractivity contribution in [3.63, 3.8) is 0 Å². The van der Waals surface area contributed by atoms with E-state index in [1.54, 1.807) is 6.07 Å². The zero-order chi connectivity index (χ0) is 13.1. The second kappa shape index (κ2) is 5.25. The van der Waals surface area contributed by atoms with E-state index in [-0.39, 0.29) is 5.69 Å². The zero-order valence-corrected chi connectivity index (χ0v) is 10.6. The molecule has 5 nitrogen and oxygen atoms in total. The zero-order valence-electron chi connectivity index (χ0n) is 10.6. The lowest BCUT2D eigenvalue weighted by Gasteiger charge is -2.16. The number of anilines is 2. The summed E-state index contributed by atoms with van der Waals surface area (Å²) in [5, 5.41) is 14.0. The topological polar surface area (TPSA) is 81.2 Å². The van der Waals surface area contributed by atoms with E-state index >= 15 is 0 Å². The minimum atomic E-state index is -0.417. The average molecular weight is 249 g/mol. The Kier molecular flexibility index (Phi) is 3.69. The fourth-order valence-corrected chi connectivity index (χ4v) is 2.62. The van der Waals surface area contributed by atoms with Crippen LogP contribution in [-0.4, -0.2) is 11.5 Å². The lowest BCUT2D eigenvalue weighted by atomic mass is 9.98. The van der Waals surface area contributed by atoms with E-state index in [4.69, 9.17) is 5.73 Å². The second-order valence-corrected chi connectivity index (χ2v) is 5.12. The van der Waals surface area contributed by atoms with Gasteiger partial charge in [0.1, 0.15) is 0 Å². The maximum atomic E-state index is 10.7. The van der Waals surface area contributed by atoms with Gasteiger partial charge in [0.25, 0.3) is 5.69 Å². The van der Waals surface area contributed by atoms with Crippen LogP contribution in [0.3, 0.4) is 0 Å². The first-order valence-corrected chi connectivity index (χ1v) is 6.35. The Morgan fingerprint density at radius 2 is 2.22 bits per heavy atom. The molecule has 0 amide bonds. The normalized spacial score (nSPS) is 22.9. The molecule has 1 saturated carbocycles. The Hall–Kier alpha value is -1.78. The molecule has 0 heterocycles. The minimum Gasteiger partial charge on any atom is -0.398 e. The highest BCUT2D eigenvalue weighted by Gasteiger charge is 2.23. The Morgan fingerprint density at radius 1 is 1.44 bits per heavy atom. The third-order valence-electron chi connectivity index (χ3n) is 3.76. The average Bonchev–Trinajstić information content (AvgIpc) is 2.71. The summed E-state index contributed by atoms with van der Waals surface area (Å²) < 4.78 is 0. The quantitative estimate of drug-likeness (QED) is 0.488. The third-order valence-corrected chi connectivity index (χ3v) is 3.76. The molecule has 0 saturated heterocycles. The number of nitro benzene ring substituents is 1. The molecule has 2 rings (SSSR count). The predicted octanol–water partition coefficient (Wildman–Crippen LogP) is 3.03. The molecule has 1 aromatic carbocycles. The van der Waals surface area contributed by atoms with Gasteiger partial charge in [-0.1, -0.05) is 19.8 Å². The highest BCUT2D eigenvalue weighted by atomic mass is 16.6. The largest absolute Gasteiger partial charge is 0.398 e. The summed E-state index contributed by atoms with van der Waals surface area (Å²) in [6.07, 6.45) is 3.80. The molecule has 2 atom stereocenters. The molecule has 1 aliphatic carbocycles. The van der Waals surface area contributed by atoms with Gasteiger partial charge < -0.3 is 11.1 Å². The van der Waals surface area contributed by atoms with Gasteiger partial charge in [0, 0.05) is 30.1 Å². The number of nitrogen functional groups attached to an aromatic ring is 1. The van der Waals surface area contributed by atoms with Crippen LogP contribution in [0.2, 0.25) is 0 Å². The van der Waals surface area contributed by atoms with Gasteiger partial charge in [-0.05, 0) is 24.3 Å². The number of nitrogens with two attached hydrogens (primary N) is 1. The van der Waals surface area contributed by atoms with Crippen LogP contribution in [0.5, 0.6) is 0 Å². The van der Waals surface area contributed by atoms with E-state index in [0.717, 1.165) is 18.2 Å². The fourth-order valence-electron chi connectivity index (χ4n) is 2.62. The molecule has 1 fully saturated rings. The molecular weight excluding hydrogens is 230 g/mol. The molecule has 0 radical (unpaired) electrons. The molecule has 18 heavy (non-hydrogen) atoms. The second-order valence-electron chi connectivity index (χ2n) is 5.12. The van der Waals surface area contributed by atoms with Crippen molar-refractivity contribution >= 4 is 17.1 Å². The summed E-state index contributed by atoms with van der Waals surface area (Å²) in [6.45, 7) is 3.13. The van der Waals surface area contributed by atoms with Gasteiger partial charge in [-0.3, -0.25) is 10.1 Å². The molecule has 1 aromatic rings. The number of hydrogen-bond donors (Lipinski definition) is 2. The summed E-state index contributed by atoms with van der Waals surface area (Å²) in [4.78, 5) is 10.3. The van der Waals surface area contributed by atoms with Crippen LogP contribution in [0.15, 0.2) is 18.2 Å². The number of nitrogens with zero attached hydrogens (tertiary/aromatic N) is 1. The van der Waals surface area contributed by atoms with Gasteiger partial charge in [-0.15, -0.1) is 0 Å². The Bertz CT molecular complexity index is 448. The van der Waals surface area contributed by atoms with Crippen LogP contribution in [0.25, 0.3) is 0 Å². The van der Waals surface area contributed by atoms with Crippen LogP contribution in [0, 0.1) is 22.0 Å². The van der Waals surface area contributed by atoms with E-state index in [2.05, 4.69) is 12.2 Å². The van der Waals surface area contributed by atoms with Crippen LogP contribution in [0.4, 0.5) is 17.1 Å². The Balaban J connectivity index is 2.02. The lowest BCUT2D eigenvalue weighted by molar-refractivity contribution is -0.384. The maximum Gasteiger partial charge on any atom is 0.273 e. The molecular formula is C13H19N3O2. The van der Waals surface area contributed by atoms with Crippen molar-refractivity contribution < 1.29 is 4.92 Å². The number of benzene rings is 1. The smallest absolute Gasteiger partial charge is 0.273 e.